The van der Waals surface area contributed by atoms with Crippen molar-refractivity contribution in [1.29, 1.82) is 0 Å². The number of rotatable bonds is 5. The summed E-state index contributed by atoms with van der Waals surface area (Å²) in [6.45, 7) is 4.76. The van der Waals surface area contributed by atoms with E-state index in [1.165, 1.54) is 29.7 Å². The van der Waals surface area contributed by atoms with Gasteiger partial charge in [0, 0.05) is 18.2 Å². The fraction of sp³-hybridized carbons (Fsp3) is 0.333. The Balaban J connectivity index is 1.52. The third kappa shape index (κ3) is 3.43. The molecule has 0 radical (unpaired) electrons. The SMILES string of the molecule is CCc1nc2cc(CN=C(N)Nc3cccc(C)c3)ccc2n1C1CC1. The van der Waals surface area contributed by atoms with Crippen molar-refractivity contribution < 1.29 is 0 Å². The smallest absolute Gasteiger partial charge is 0.193 e. The lowest BCUT2D eigenvalue weighted by Gasteiger charge is -2.07. The van der Waals surface area contributed by atoms with Crippen LogP contribution in [-0.2, 0) is 13.0 Å². The number of hydrogen-bond acceptors (Lipinski definition) is 2. The standard InChI is InChI=1S/C21H25N5/c1-3-20-25-18-12-15(7-10-19(18)26(20)17-8-9-17)13-23-21(22)24-16-6-4-5-14(2)11-16/h4-7,10-12,17H,3,8-9,13H2,1-2H3,(H3,22,23,24). The highest BCUT2D eigenvalue weighted by Gasteiger charge is 2.27. The molecule has 26 heavy (non-hydrogen) atoms. The zero-order valence-electron chi connectivity index (χ0n) is 15.4. The summed E-state index contributed by atoms with van der Waals surface area (Å²) in [5, 5.41) is 3.14. The summed E-state index contributed by atoms with van der Waals surface area (Å²) < 4.78 is 2.41. The molecule has 0 spiro atoms. The molecular weight excluding hydrogens is 322 g/mol. The van der Waals surface area contributed by atoms with Crippen molar-refractivity contribution in [1.82, 2.24) is 9.55 Å². The summed E-state index contributed by atoms with van der Waals surface area (Å²) in [4.78, 5) is 9.30. The molecule has 134 valence electrons. The van der Waals surface area contributed by atoms with Crippen LogP contribution >= 0.6 is 0 Å². The molecular formula is C21H25N5. The largest absolute Gasteiger partial charge is 0.370 e. The van der Waals surface area contributed by atoms with Crippen LogP contribution in [0.5, 0.6) is 0 Å². The molecule has 1 aliphatic carbocycles. The summed E-state index contributed by atoms with van der Waals surface area (Å²) in [7, 11) is 0. The molecule has 1 saturated carbocycles. The Morgan fingerprint density at radius 3 is 2.85 bits per heavy atom. The van der Waals surface area contributed by atoms with Gasteiger partial charge in [0.1, 0.15) is 5.82 Å². The van der Waals surface area contributed by atoms with E-state index in [1.54, 1.807) is 0 Å². The van der Waals surface area contributed by atoms with Gasteiger partial charge in [-0.2, -0.15) is 0 Å². The van der Waals surface area contributed by atoms with Crippen molar-refractivity contribution in [3.8, 4) is 0 Å². The first-order valence-electron chi connectivity index (χ1n) is 9.27. The maximum absolute atomic E-state index is 6.03. The predicted molar refractivity (Wildman–Crippen MR) is 108 cm³/mol. The third-order valence-electron chi connectivity index (χ3n) is 4.78. The van der Waals surface area contributed by atoms with Crippen LogP contribution in [0.15, 0.2) is 47.5 Å². The van der Waals surface area contributed by atoms with E-state index >= 15 is 0 Å². The lowest BCUT2D eigenvalue weighted by atomic mass is 10.2. The van der Waals surface area contributed by atoms with E-state index in [9.17, 15) is 0 Å². The lowest BCUT2D eigenvalue weighted by molar-refractivity contribution is 0.708. The van der Waals surface area contributed by atoms with E-state index in [1.807, 2.05) is 18.2 Å². The third-order valence-corrected chi connectivity index (χ3v) is 4.78. The molecule has 0 amide bonds. The number of anilines is 1. The minimum absolute atomic E-state index is 0.424. The van der Waals surface area contributed by atoms with Crippen molar-refractivity contribution in [3.05, 3.63) is 59.4 Å². The molecule has 0 atom stereocenters. The van der Waals surface area contributed by atoms with Crippen LogP contribution in [0.3, 0.4) is 0 Å². The number of fused-ring (bicyclic) bond motifs is 1. The highest BCUT2D eigenvalue weighted by Crippen LogP contribution is 2.38. The second-order valence-electron chi connectivity index (χ2n) is 7.00. The van der Waals surface area contributed by atoms with Gasteiger partial charge in [0.25, 0.3) is 0 Å². The first-order valence-corrected chi connectivity index (χ1v) is 9.27. The van der Waals surface area contributed by atoms with Gasteiger partial charge in [-0.15, -0.1) is 0 Å². The number of guanidine groups is 1. The number of aromatic nitrogens is 2. The molecule has 4 rings (SSSR count). The van der Waals surface area contributed by atoms with E-state index in [4.69, 9.17) is 10.7 Å². The van der Waals surface area contributed by atoms with E-state index in [0.29, 0.717) is 18.5 Å². The van der Waals surface area contributed by atoms with E-state index in [0.717, 1.165) is 23.2 Å². The van der Waals surface area contributed by atoms with Gasteiger partial charge in [-0.25, -0.2) is 9.98 Å². The van der Waals surface area contributed by atoms with Gasteiger partial charge in [-0.3, -0.25) is 0 Å². The van der Waals surface area contributed by atoms with Crippen LogP contribution in [-0.4, -0.2) is 15.5 Å². The van der Waals surface area contributed by atoms with Gasteiger partial charge in [0.15, 0.2) is 5.96 Å². The Bertz CT molecular complexity index is 966. The molecule has 2 aromatic carbocycles. The van der Waals surface area contributed by atoms with Crippen molar-refractivity contribution in [3.63, 3.8) is 0 Å². The first kappa shape index (κ1) is 16.6. The summed E-state index contributed by atoms with van der Waals surface area (Å²) in [6.07, 6.45) is 3.50. The Labute approximate surface area is 154 Å². The quantitative estimate of drug-likeness (QED) is 0.538. The maximum atomic E-state index is 6.03. The Morgan fingerprint density at radius 2 is 2.12 bits per heavy atom. The molecule has 3 aromatic rings. The summed E-state index contributed by atoms with van der Waals surface area (Å²) in [6, 6.07) is 15.2. The molecule has 0 aliphatic heterocycles. The fourth-order valence-electron chi connectivity index (χ4n) is 3.37. The minimum atomic E-state index is 0.424. The van der Waals surface area contributed by atoms with Crippen molar-refractivity contribution in [2.45, 2.75) is 45.7 Å². The second-order valence-corrected chi connectivity index (χ2v) is 7.00. The van der Waals surface area contributed by atoms with Crippen LogP contribution < -0.4 is 11.1 Å². The maximum Gasteiger partial charge on any atom is 0.193 e. The molecule has 1 aliphatic rings. The van der Waals surface area contributed by atoms with E-state index in [-0.39, 0.29) is 0 Å². The molecule has 0 bridgehead atoms. The highest BCUT2D eigenvalue weighted by molar-refractivity contribution is 5.92. The number of imidazole rings is 1. The summed E-state index contributed by atoms with van der Waals surface area (Å²) in [5.41, 5.74) is 11.6. The second kappa shape index (κ2) is 6.83. The normalized spacial score (nSPS) is 14.8. The number of hydrogen-bond donors (Lipinski definition) is 2. The number of aliphatic imine (C=N–C) groups is 1. The summed E-state index contributed by atoms with van der Waals surface area (Å²) >= 11 is 0. The van der Waals surface area contributed by atoms with E-state index in [2.05, 4.69) is 53.0 Å². The number of nitrogens with two attached hydrogens (primary N) is 1. The lowest BCUT2D eigenvalue weighted by Crippen LogP contribution is -2.22. The van der Waals surface area contributed by atoms with Crippen molar-refractivity contribution in [2.24, 2.45) is 10.7 Å². The minimum Gasteiger partial charge on any atom is -0.370 e. The average molecular weight is 347 g/mol. The first-order chi connectivity index (χ1) is 12.6. The number of nitrogens with zero attached hydrogens (tertiary/aromatic N) is 3. The van der Waals surface area contributed by atoms with Gasteiger partial charge in [0.05, 0.1) is 17.6 Å². The number of nitrogens with one attached hydrogen (secondary N) is 1. The summed E-state index contributed by atoms with van der Waals surface area (Å²) in [5.74, 6) is 1.61. The molecule has 1 fully saturated rings. The average Bonchev–Trinajstić information content (AvgIpc) is 3.40. The van der Waals surface area contributed by atoms with E-state index < -0.39 is 0 Å². The molecule has 1 heterocycles. The van der Waals surface area contributed by atoms with Crippen LogP contribution in [0.4, 0.5) is 5.69 Å². The van der Waals surface area contributed by atoms with Gasteiger partial charge in [-0.1, -0.05) is 25.1 Å². The predicted octanol–water partition coefficient (Wildman–Crippen LogP) is 4.17. The number of aryl methyl sites for hydroxylation is 2. The van der Waals surface area contributed by atoms with Gasteiger partial charge in [-0.05, 0) is 55.2 Å². The van der Waals surface area contributed by atoms with Crippen LogP contribution in [0.25, 0.3) is 11.0 Å². The zero-order chi connectivity index (χ0) is 18.1. The van der Waals surface area contributed by atoms with Gasteiger partial charge in [0.2, 0.25) is 0 Å². The Hall–Kier alpha value is -2.82. The molecule has 5 heteroatoms. The Kier molecular flexibility index (Phi) is 4.37. The molecule has 0 unspecified atom stereocenters. The fourth-order valence-corrected chi connectivity index (χ4v) is 3.37. The molecule has 1 aromatic heterocycles. The highest BCUT2D eigenvalue weighted by atomic mass is 15.1. The Morgan fingerprint density at radius 1 is 1.27 bits per heavy atom. The van der Waals surface area contributed by atoms with Crippen molar-refractivity contribution >= 4 is 22.7 Å². The van der Waals surface area contributed by atoms with Gasteiger partial charge >= 0.3 is 0 Å². The van der Waals surface area contributed by atoms with Crippen LogP contribution in [0.2, 0.25) is 0 Å². The van der Waals surface area contributed by atoms with Crippen LogP contribution in [0, 0.1) is 6.92 Å². The van der Waals surface area contributed by atoms with Gasteiger partial charge < -0.3 is 15.6 Å². The monoisotopic (exact) mass is 347 g/mol. The number of benzene rings is 2. The topological polar surface area (TPSA) is 68.2 Å². The zero-order valence-corrected chi connectivity index (χ0v) is 15.4. The van der Waals surface area contributed by atoms with Crippen LogP contribution in [0.1, 0.15) is 42.8 Å². The molecule has 0 saturated heterocycles. The molecule has 3 N–H and O–H groups in total. The van der Waals surface area contributed by atoms with Crippen molar-refractivity contribution in [2.75, 3.05) is 5.32 Å². The molecule has 5 nitrogen and oxygen atoms in total.